The van der Waals surface area contributed by atoms with E-state index in [1.807, 2.05) is 12.0 Å². The highest BCUT2D eigenvalue weighted by Crippen LogP contribution is 2.38. The molecule has 0 bridgehead atoms. The lowest BCUT2D eigenvalue weighted by Gasteiger charge is -2.41. The maximum atomic E-state index is 13.8. The average Bonchev–Trinajstić information content (AvgIpc) is 3.13. The van der Waals surface area contributed by atoms with Crippen molar-refractivity contribution in [2.75, 3.05) is 33.2 Å². The maximum Gasteiger partial charge on any atom is 0.328 e. The zero-order valence-corrected chi connectivity index (χ0v) is 17.8. The van der Waals surface area contributed by atoms with Gasteiger partial charge in [-0.3, -0.25) is 19.1 Å². The van der Waals surface area contributed by atoms with Crippen LogP contribution in [-0.4, -0.2) is 69.7 Å². The summed E-state index contributed by atoms with van der Waals surface area (Å²) in [7, 11) is 1.98. The lowest BCUT2D eigenvalue weighted by molar-refractivity contribution is -0.144. The summed E-state index contributed by atoms with van der Waals surface area (Å²) in [4.78, 5) is 42.7. The van der Waals surface area contributed by atoms with Gasteiger partial charge in [0.25, 0.3) is 5.56 Å². The first-order chi connectivity index (χ1) is 15.2. The zero-order valence-electron chi connectivity index (χ0n) is 17.8. The number of aliphatic hydroxyl groups excluding tert-OH is 1. The minimum Gasteiger partial charge on any atom is -0.389 e. The number of aliphatic hydroxyl groups is 1. The minimum absolute atomic E-state index is 0.00608. The molecular weight excluding hydrogens is 422 g/mol. The van der Waals surface area contributed by atoms with Crippen molar-refractivity contribution in [2.24, 2.45) is 5.41 Å². The molecule has 2 aromatic rings. The molecule has 2 atom stereocenters. The van der Waals surface area contributed by atoms with Gasteiger partial charge in [-0.25, -0.2) is 9.18 Å². The summed E-state index contributed by atoms with van der Waals surface area (Å²) in [6.07, 6.45) is 1.18. The summed E-state index contributed by atoms with van der Waals surface area (Å²) < 4.78 is 28.5. The number of nitrogens with one attached hydrogen (secondary N) is 1. The van der Waals surface area contributed by atoms with E-state index in [4.69, 9.17) is 0 Å². The van der Waals surface area contributed by atoms with Gasteiger partial charge >= 0.3 is 5.69 Å². The van der Waals surface area contributed by atoms with E-state index in [9.17, 15) is 28.3 Å². The van der Waals surface area contributed by atoms with Crippen molar-refractivity contribution in [1.29, 1.82) is 0 Å². The number of likely N-dealkylation sites (tertiary alicyclic amines) is 2. The van der Waals surface area contributed by atoms with Crippen molar-refractivity contribution in [1.82, 2.24) is 19.4 Å². The SMILES string of the molecule is CN1CCC(Cc2cccc(F)c2)(C(=O)N2C[C@H](O)[C@@H](n3cc(F)c(=O)[nH]c3=O)C2)CC1. The Morgan fingerprint density at radius 3 is 2.62 bits per heavy atom. The molecule has 8 nitrogen and oxygen atoms in total. The van der Waals surface area contributed by atoms with Crippen LogP contribution in [0.4, 0.5) is 8.78 Å². The Balaban J connectivity index is 1.61. The lowest BCUT2D eigenvalue weighted by Crippen LogP contribution is -2.50. The van der Waals surface area contributed by atoms with Gasteiger partial charge in [0.1, 0.15) is 5.82 Å². The Labute approximate surface area is 183 Å². The van der Waals surface area contributed by atoms with Gasteiger partial charge in [0.05, 0.1) is 23.8 Å². The number of aromatic amines is 1. The third-order valence-electron chi connectivity index (χ3n) is 6.66. The van der Waals surface area contributed by atoms with Crippen LogP contribution in [0, 0.1) is 17.0 Å². The molecule has 2 aliphatic heterocycles. The summed E-state index contributed by atoms with van der Waals surface area (Å²) in [6.45, 7) is 1.39. The van der Waals surface area contributed by atoms with Gasteiger partial charge < -0.3 is 14.9 Å². The van der Waals surface area contributed by atoms with Crippen LogP contribution >= 0.6 is 0 Å². The molecule has 0 spiro atoms. The Morgan fingerprint density at radius 1 is 1.22 bits per heavy atom. The largest absolute Gasteiger partial charge is 0.389 e. The Morgan fingerprint density at radius 2 is 1.94 bits per heavy atom. The fourth-order valence-corrected chi connectivity index (χ4v) is 4.80. The highest BCUT2D eigenvalue weighted by molar-refractivity contribution is 5.83. The molecule has 4 rings (SSSR count). The molecule has 172 valence electrons. The molecule has 0 saturated carbocycles. The first-order valence-electron chi connectivity index (χ1n) is 10.6. The van der Waals surface area contributed by atoms with Crippen LogP contribution in [0.3, 0.4) is 0 Å². The van der Waals surface area contributed by atoms with E-state index in [-0.39, 0.29) is 24.8 Å². The molecule has 1 aromatic heterocycles. The molecule has 1 aromatic carbocycles. The Bertz CT molecular complexity index is 1120. The maximum absolute atomic E-state index is 13.8. The fraction of sp³-hybridized carbons (Fsp3) is 0.500. The van der Waals surface area contributed by atoms with Gasteiger partial charge in [0, 0.05) is 13.1 Å². The van der Waals surface area contributed by atoms with E-state index in [2.05, 4.69) is 4.90 Å². The number of β-amino-alcohol motifs (C(OH)–C–C–N with tert-alkyl or cyclic N) is 1. The quantitative estimate of drug-likeness (QED) is 0.711. The van der Waals surface area contributed by atoms with Crippen LogP contribution in [-0.2, 0) is 11.2 Å². The number of benzene rings is 1. The molecule has 1 amide bonds. The molecule has 2 aliphatic rings. The number of amides is 1. The summed E-state index contributed by atoms with van der Waals surface area (Å²) in [5.74, 6) is -1.68. The molecular formula is C22H26F2N4O4. The summed E-state index contributed by atoms with van der Waals surface area (Å²) in [5, 5.41) is 10.6. The van der Waals surface area contributed by atoms with Crippen molar-refractivity contribution in [3.05, 3.63) is 68.5 Å². The monoisotopic (exact) mass is 448 g/mol. The highest BCUT2D eigenvalue weighted by Gasteiger charge is 2.47. The number of carbonyl (C=O) groups is 1. The standard InChI is InChI=1S/C22H26F2N4O4/c1-26-7-5-22(6-8-26,10-14-3-2-4-15(23)9-14)20(31)27-12-17(18(29)13-27)28-11-16(24)19(30)25-21(28)32/h2-4,9,11,17-18,29H,5-8,10,12-13H2,1H3,(H,25,30,32)/t17-,18-/m0/s1. The first-order valence-corrected chi connectivity index (χ1v) is 10.6. The third-order valence-corrected chi connectivity index (χ3v) is 6.66. The number of piperidine rings is 1. The van der Waals surface area contributed by atoms with E-state index in [0.717, 1.165) is 16.3 Å². The average molecular weight is 448 g/mol. The molecule has 10 heteroatoms. The van der Waals surface area contributed by atoms with Gasteiger partial charge in [-0.05, 0) is 57.1 Å². The van der Waals surface area contributed by atoms with E-state index in [0.29, 0.717) is 32.4 Å². The number of halogens is 2. The van der Waals surface area contributed by atoms with E-state index in [1.54, 1.807) is 12.1 Å². The molecule has 0 unspecified atom stereocenters. The second kappa shape index (κ2) is 8.59. The van der Waals surface area contributed by atoms with Crippen LogP contribution in [0.25, 0.3) is 0 Å². The molecule has 2 saturated heterocycles. The first kappa shape index (κ1) is 22.3. The summed E-state index contributed by atoms with van der Waals surface area (Å²) in [6, 6.07) is 5.31. The number of rotatable bonds is 4. The number of nitrogens with zero attached hydrogens (tertiary/aromatic N) is 3. The fourth-order valence-electron chi connectivity index (χ4n) is 4.80. The highest BCUT2D eigenvalue weighted by atomic mass is 19.1. The van der Waals surface area contributed by atoms with Gasteiger partial charge in [-0.1, -0.05) is 12.1 Å². The minimum atomic E-state index is -1.14. The third kappa shape index (κ3) is 4.24. The number of carbonyl (C=O) groups excluding carboxylic acids is 1. The number of aromatic nitrogens is 2. The van der Waals surface area contributed by atoms with Crippen molar-refractivity contribution >= 4 is 5.91 Å². The van der Waals surface area contributed by atoms with Crippen molar-refractivity contribution in [2.45, 2.75) is 31.4 Å². The predicted molar refractivity (Wildman–Crippen MR) is 112 cm³/mol. The van der Waals surface area contributed by atoms with Gasteiger partial charge in [-0.2, -0.15) is 4.39 Å². The van der Waals surface area contributed by atoms with Crippen molar-refractivity contribution in [3.8, 4) is 0 Å². The topological polar surface area (TPSA) is 98.6 Å². The van der Waals surface area contributed by atoms with Gasteiger partial charge in [0.2, 0.25) is 11.7 Å². The van der Waals surface area contributed by atoms with Crippen LogP contribution in [0.1, 0.15) is 24.4 Å². The predicted octanol–water partition coefficient (Wildman–Crippen LogP) is 0.514. The zero-order chi connectivity index (χ0) is 23.0. The summed E-state index contributed by atoms with van der Waals surface area (Å²) in [5.41, 5.74) is -2.02. The second-order valence-corrected chi connectivity index (χ2v) is 8.88. The number of H-pyrrole nitrogens is 1. The van der Waals surface area contributed by atoms with Gasteiger partial charge in [0.15, 0.2) is 0 Å². The number of hydrogen-bond acceptors (Lipinski definition) is 5. The smallest absolute Gasteiger partial charge is 0.328 e. The van der Waals surface area contributed by atoms with Crippen molar-refractivity contribution in [3.63, 3.8) is 0 Å². The van der Waals surface area contributed by atoms with Crippen LogP contribution < -0.4 is 11.2 Å². The molecule has 2 fully saturated rings. The van der Waals surface area contributed by atoms with Crippen LogP contribution in [0.2, 0.25) is 0 Å². The summed E-state index contributed by atoms with van der Waals surface area (Å²) >= 11 is 0. The molecule has 0 radical (unpaired) electrons. The lowest BCUT2D eigenvalue weighted by atomic mass is 9.72. The Kier molecular flexibility index (Phi) is 6.00. The van der Waals surface area contributed by atoms with Gasteiger partial charge in [-0.15, -0.1) is 0 Å². The number of hydrogen-bond donors (Lipinski definition) is 2. The normalized spacial score (nSPS) is 23.4. The van der Waals surface area contributed by atoms with Crippen LogP contribution in [0.5, 0.6) is 0 Å². The molecule has 32 heavy (non-hydrogen) atoms. The Hall–Kier alpha value is -2.85. The second-order valence-electron chi connectivity index (χ2n) is 8.88. The van der Waals surface area contributed by atoms with E-state index in [1.165, 1.54) is 17.0 Å². The molecule has 3 heterocycles. The van der Waals surface area contributed by atoms with Crippen molar-refractivity contribution < 1.29 is 18.7 Å². The molecule has 2 N–H and O–H groups in total. The van der Waals surface area contributed by atoms with Crippen LogP contribution in [0.15, 0.2) is 40.1 Å². The molecule has 0 aliphatic carbocycles. The van der Waals surface area contributed by atoms with E-state index >= 15 is 0 Å². The van der Waals surface area contributed by atoms with E-state index < -0.39 is 34.6 Å².